The summed E-state index contributed by atoms with van der Waals surface area (Å²) in [5, 5.41) is 15.0. The monoisotopic (exact) mass is 590 g/mol. The van der Waals surface area contributed by atoms with E-state index >= 15 is 4.39 Å². The van der Waals surface area contributed by atoms with Gasteiger partial charge in [0.1, 0.15) is 18.2 Å². The third kappa shape index (κ3) is 6.81. The highest BCUT2D eigenvalue weighted by Crippen LogP contribution is 2.40. The number of rotatable bonds is 11. The van der Waals surface area contributed by atoms with E-state index in [2.05, 4.69) is 30.3 Å². The fraction of sp³-hybridized carbons (Fsp3) is 0.231. The number of amides is 1. The lowest BCUT2D eigenvalue weighted by Crippen LogP contribution is -2.31. The van der Waals surface area contributed by atoms with Crippen molar-refractivity contribution in [3.8, 4) is 21.8 Å². The van der Waals surface area contributed by atoms with Crippen molar-refractivity contribution < 1.29 is 27.3 Å². The molecule has 0 saturated heterocycles. The second-order valence-electron chi connectivity index (χ2n) is 8.70. The van der Waals surface area contributed by atoms with Gasteiger partial charge in [-0.25, -0.2) is 32.3 Å². The Hall–Kier alpha value is -3.88. The lowest BCUT2D eigenvalue weighted by Gasteiger charge is -2.11. The molecule has 4 aromatic rings. The van der Waals surface area contributed by atoms with Crippen molar-refractivity contribution in [3.63, 3.8) is 0 Å². The van der Waals surface area contributed by atoms with Crippen LogP contribution in [0.2, 0.25) is 0 Å². The third-order valence-corrected chi connectivity index (χ3v) is 7.95. The molecule has 0 radical (unpaired) electrons. The summed E-state index contributed by atoms with van der Waals surface area (Å²) in [6, 6.07) is 8.57. The second-order valence-corrected chi connectivity index (χ2v) is 10.9. The Morgan fingerprint density at radius 1 is 1.10 bits per heavy atom. The number of aliphatic hydroxyl groups is 1. The predicted molar refractivity (Wildman–Crippen MR) is 148 cm³/mol. The second kappa shape index (κ2) is 13.0. The molecule has 4 N–H and O–H groups in total. The van der Waals surface area contributed by atoms with Gasteiger partial charge >= 0.3 is 0 Å². The molecule has 0 aliphatic rings. The molecule has 1 amide bonds. The Balaban J connectivity index is 1.65. The first kappa shape index (κ1) is 29.1. The molecule has 2 aromatic carbocycles. The summed E-state index contributed by atoms with van der Waals surface area (Å²) in [7, 11) is -2.28. The molecule has 0 saturated carbocycles. The molecular formula is C26H25F3N6O3S2. The molecule has 14 heteroatoms. The van der Waals surface area contributed by atoms with Gasteiger partial charge in [0.15, 0.2) is 16.8 Å². The van der Waals surface area contributed by atoms with Gasteiger partial charge in [0, 0.05) is 30.8 Å². The van der Waals surface area contributed by atoms with E-state index in [0.29, 0.717) is 22.8 Å². The Kier molecular flexibility index (Phi) is 9.45. The minimum absolute atomic E-state index is 0.0277. The van der Waals surface area contributed by atoms with Crippen LogP contribution in [-0.4, -0.2) is 49.9 Å². The van der Waals surface area contributed by atoms with Crippen molar-refractivity contribution in [1.29, 1.82) is 0 Å². The van der Waals surface area contributed by atoms with Crippen LogP contribution >= 0.6 is 11.3 Å². The van der Waals surface area contributed by atoms with E-state index < -0.39 is 45.8 Å². The Morgan fingerprint density at radius 2 is 1.90 bits per heavy atom. The zero-order chi connectivity index (χ0) is 28.8. The largest absolute Gasteiger partial charge is 0.387 e. The zero-order valence-corrected chi connectivity index (χ0v) is 23.0. The van der Waals surface area contributed by atoms with Crippen LogP contribution in [0.4, 0.5) is 24.8 Å². The number of benzene rings is 2. The molecule has 4 rings (SSSR count). The van der Waals surface area contributed by atoms with Crippen LogP contribution < -0.4 is 15.4 Å². The number of carbonyl (C=O) groups excluding carboxylic acids is 1. The summed E-state index contributed by atoms with van der Waals surface area (Å²) in [6.45, 7) is 3.83. The molecule has 210 valence electrons. The first-order chi connectivity index (χ1) is 19.2. The number of carbonyl (C=O) groups is 1. The van der Waals surface area contributed by atoms with E-state index in [0.717, 1.165) is 23.2 Å². The molecule has 1 atom stereocenters. The van der Waals surface area contributed by atoms with Crippen LogP contribution in [0.15, 0.2) is 53.6 Å². The molecular weight excluding hydrogens is 565 g/mol. The number of aromatic nitrogens is 3. The molecule has 2 aromatic heterocycles. The van der Waals surface area contributed by atoms with Gasteiger partial charge < -0.3 is 15.7 Å². The summed E-state index contributed by atoms with van der Waals surface area (Å²) in [5.74, 6) is -2.65. The van der Waals surface area contributed by atoms with Gasteiger partial charge in [0.25, 0.3) is 0 Å². The maximum absolute atomic E-state index is 15.8. The standard InChI is InChI=1S/C26H25F3N6O3S2/c1-14(2)25-34-23(24(39-25)19-8-9-31-26(33-19)32-11-10-30-21(37)13-36)16-4-3-5-18(22(16)29)35-40(38)20-12-15(27)6-7-17(20)28/h3-9,12,14,35-36H,10-11,13H2,1-2H3,(H,30,37)(H,31,32,33). The van der Waals surface area contributed by atoms with Gasteiger partial charge in [-0.05, 0) is 36.4 Å². The smallest absolute Gasteiger partial charge is 0.245 e. The summed E-state index contributed by atoms with van der Waals surface area (Å²) < 4.78 is 58.7. The fourth-order valence-electron chi connectivity index (χ4n) is 3.51. The van der Waals surface area contributed by atoms with Gasteiger partial charge in [-0.3, -0.25) is 9.52 Å². The van der Waals surface area contributed by atoms with E-state index in [-0.39, 0.29) is 29.7 Å². The summed E-state index contributed by atoms with van der Waals surface area (Å²) in [5.41, 5.74) is 0.691. The molecule has 2 heterocycles. The molecule has 0 spiro atoms. The molecule has 0 fully saturated rings. The quantitative estimate of drug-likeness (QED) is 0.190. The van der Waals surface area contributed by atoms with E-state index in [1.165, 1.54) is 35.7 Å². The van der Waals surface area contributed by atoms with Crippen LogP contribution in [0.1, 0.15) is 24.8 Å². The highest BCUT2D eigenvalue weighted by Gasteiger charge is 2.23. The van der Waals surface area contributed by atoms with Gasteiger partial charge in [0.2, 0.25) is 11.9 Å². The van der Waals surface area contributed by atoms with Gasteiger partial charge in [-0.15, -0.1) is 11.3 Å². The first-order valence-electron chi connectivity index (χ1n) is 12.1. The molecule has 40 heavy (non-hydrogen) atoms. The Morgan fingerprint density at radius 3 is 2.65 bits per heavy atom. The van der Waals surface area contributed by atoms with Crippen molar-refractivity contribution in [2.24, 2.45) is 0 Å². The zero-order valence-electron chi connectivity index (χ0n) is 21.4. The van der Waals surface area contributed by atoms with Crippen LogP contribution in [0, 0.1) is 17.5 Å². The minimum atomic E-state index is -2.28. The SMILES string of the molecule is CC(C)c1nc(-c2cccc(NS(=O)c3cc(F)ccc3F)c2F)c(-c2ccnc(NCCNC(=O)CO)n2)s1. The highest BCUT2D eigenvalue weighted by atomic mass is 32.2. The van der Waals surface area contributed by atoms with Crippen LogP contribution in [0.5, 0.6) is 0 Å². The van der Waals surface area contributed by atoms with Crippen molar-refractivity contribution in [3.05, 3.63) is 71.1 Å². The number of nitrogens with one attached hydrogen (secondary N) is 3. The van der Waals surface area contributed by atoms with Gasteiger partial charge in [-0.1, -0.05) is 19.9 Å². The van der Waals surface area contributed by atoms with Gasteiger partial charge in [-0.2, -0.15) is 0 Å². The normalized spacial score (nSPS) is 11.9. The fourth-order valence-corrected chi connectivity index (χ4v) is 5.49. The number of hydrogen-bond acceptors (Lipinski definition) is 8. The van der Waals surface area contributed by atoms with Crippen molar-refractivity contribution in [1.82, 2.24) is 20.3 Å². The van der Waals surface area contributed by atoms with E-state index in [1.807, 2.05) is 13.8 Å². The molecule has 0 aliphatic heterocycles. The Bertz CT molecular complexity index is 1550. The number of halogens is 3. The molecule has 0 aliphatic carbocycles. The lowest BCUT2D eigenvalue weighted by atomic mass is 10.1. The number of hydrogen-bond donors (Lipinski definition) is 4. The lowest BCUT2D eigenvalue weighted by molar-refractivity contribution is -0.123. The summed E-state index contributed by atoms with van der Waals surface area (Å²) >= 11 is 1.34. The average Bonchev–Trinajstić information content (AvgIpc) is 3.39. The van der Waals surface area contributed by atoms with Crippen LogP contribution in [-0.2, 0) is 15.8 Å². The van der Waals surface area contributed by atoms with Crippen molar-refractivity contribution in [2.75, 3.05) is 29.7 Å². The van der Waals surface area contributed by atoms with Crippen LogP contribution in [0.3, 0.4) is 0 Å². The van der Waals surface area contributed by atoms with Gasteiger partial charge in [0.05, 0.1) is 31.9 Å². The highest BCUT2D eigenvalue weighted by molar-refractivity contribution is 7.86. The first-order valence-corrected chi connectivity index (χ1v) is 14.0. The van der Waals surface area contributed by atoms with E-state index in [9.17, 15) is 17.8 Å². The third-order valence-electron chi connectivity index (χ3n) is 5.45. The number of nitrogens with zero attached hydrogens (tertiary/aromatic N) is 3. The topological polar surface area (TPSA) is 129 Å². The average molecular weight is 591 g/mol. The Labute approximate surface area is 234 Å². The maximum Gasteiger partial charge on any atom is 0.245 e. The molecule has 0 bridgehead atoms. The number of anilines is 2. The summed E-state index contributed by atoms with van der Waals surface area (Å²) in [4.78, 5) is 24.7. The minimum Gasteiger partial charge on any atom is -0.387 e. The van der Waals surface area contributed by atoms with Crippen molar-refractivity contribution >= 4 is 39.9 Å². The van der Waals surface area contributed by atoms with E-state index in [1.54, 1.807) is 6.07 Å². The maximum atomic E-state index is 15.8. The predicted octanol–water partition coefficient (Wildman–Crippen LogP) is 4.46. The van der Waals surface area contributed by atoms with Crippen molar-refractivity contribution in [2.45, 2.75) is 24.7 Å². The number of aliphatic hydroxyl groups excluding tert-OH is 1. The number of thiazole rings is 1. The molecule has 1 unspecified atom stereocenters. The van der Waals surface area contributed by atoms with Crippen LogP contribution in [0.25, 0.3) is 21.8 Å². The molecule has 9 nitrogen and oxygen atoms in total. The summed E-state index contributed by atoms with van der Waals surface area (Å²) in [6.07, 6.45) is 1.53. The van der Waals surface area contributed by atoms with E-state index in [4.69, 9.17) is 5.11 Å².